The van der Waals surface area contributed by atoms with E-state index in [2.05, 4.69) is 4.98 Å². The summed E-state index contributed by atoms with van der Waals surface area (Å²) in [5.41, 5.74) is 1.43. The lowest BCUT2D eigenvalue weighted by Gasteiger charge is -2.05. The molecule has 2 heterocycles. The maximum atomic E-state index is 12.2. The number of para-hydroxylation sites is 1. The van der Waals surface area contributed by atoms with Gasteiger partial charge < -0.3 is 5.11 Å². The Labute approximate surface area is 97.8 Å². The number of hydrogen-bond donors (Lipinski definition) is 1. The van der Waals surface area contributed by atoms with Crippen LogP contribution in [0.3, 0.4) is 0 Å². The van der Waals surface area contributed by atoms with E-state index in [-0.39, 0.29) is 11.3 Å². The maximum Gasteiger partial charge on any atom is 0.261 e. The van der Waals surface area contributed by atoms with Gasteiger partial charge in [0.15, 0.2) is 0 Å². The number of aromatic nitrogens is 2. The predicted octanol–water partition coefficient (Wildman–Crippen LogP) is 2.09. The summed E-state index contributed by atoms with van der Waals surface area (Å²) in [6, 6.07) is 7.29. The molecule has 3 rings (SSSR count). The fraction of sp³-hybridized carbons (Fsp3) is 0.231. The normalized spacial score (nSPS) is 17.2. The summed E-state index contributed by atoms with van der Waals surface area (Å²) in [5, 5.41) is 10.2. The van der Waals surface area contributed by atoms with Crippen LogP contribution in [0.25, 0.3) is 16.5 Å². The van der Waals surface area contributed by atoms with Gasteiger partial charge in [0.05, 0.1) is 16.7 Å². The average Bonchev–Trinajstić information content (AvgIpc) is 2.73. The van der Waals surface area contributed by atoms with Crippen LogP contribution in [0.5, 0.6) is 0 Å². The van der Waals surface area contributed by atoms with Crippen molar-refractivity contribution in [2.75, 3.05) is 0 Å². The van der Waals surface area contributed by atoms with Gasteiger partial charge in [0.2, 0.25) is 0 Å². The molecule has 4 nitrogen and oxygen atoms in total. The minimum Gasteiger partial charge on any atom is -0.512 e. The second-order valence-corrected chi connectivity index (χ2v) is 4.22. The summed E-state index contributed by atoms with van der Waals surface area (Å²) >= 11 is 0. The van der Waals surface area contributed by atoms with Crippen molar-refractivity contribution >= 4 is 16.5 Å². The van der Waals surface area contributed by atoms with Crippen LogP contribution >= 0.6 is 0 Å². The second-order valence-electron chi connectivity index (χ2n) is 4.22. The van der Waals surface area contributed by atoms with E-state index in [9.17, 15) is 9.90 Å². The summed E-state index contributed by atoms with van der Waals surface area (Å²) in [6.45, 7) is 2.23. The SMILES string of the molecule is C/C(O)=C1\CCn2c1nc1ccccc1c2=O. The molecule has 2 aromatic rings. The zero-order valence-electron chi connectivity index (χ0n) is 9.47. The molecule has 0 atom stereocenters. The van der Waals surface area contributed by atoms with Gasteiger partial charge in [-0.25, -0.2) is 4.98 Å². The Kier molecular flexibility index (Phi) is 2.04. The van der Waals surface area contributed by atoms with Gasteiger partial charge in [0, 0.05) is 12.1 Å². The molecule has 0 aliphatic carbocycles. The maximum absolute atomic E-state index is 12.2. The predicted molar refractivity (Wildman–Crippen MR) is 65.8 cm³/mol. The third-order valence-electron chi connectivity index (χ3n) is 3.15. The molecule has 0 saturated heterocycles. The Morgan fingerprint density at radius 2 is 2.18 bits per heavy atom. The van der Waals surface area contributed by atoms with Crippen LogP contribution in [0, 0.1) is 0 Å². The van der Waals surface area contributed by atoms with Crippen LogP contribution in [-0.4, -0.2) is 14.7 Å². The van der Waals surface area contributed by atoms with Crippen LogP contribution < -0.4 is 5.56 Å². The lowest BCUT2D eigenvalue weighted by molar-refractivity contribution is 0.415. The number of nitrogens with zero attached hydrogens (tertiary/aromatic N) is 2. The van der Waals surface area contributed by atoms with Gasteiger partial charge in [-0.05, 0) is 25.5 Å². The van der Waals surface area contributed by atoms with Gasteiger partial charge in [-0.2, -0.15) is 0 Å². The largest absolute Gasteiger partial charge is 0.512 e. The van der Waals surface area contributed by atoms with E-state index in [1.807, 2.05) is 18.2 Å². The topological polar surface area (TPSA) is 55.1 Å². The van der Waals surface area contributed by atoms with E-state index in [4.69, 9.17) is 0 Å². The first kappa shape index (κ1) is 10.1. The summed E-state index contributed by atoms with van der Waals surface area (Å²) in [4.78, 5) is 16.7. The minimum absolute atomic E-state index is 0.0261. The number of hydrogen-bond acceptors (Lipinski definition) is 3. The molecule has 1 N–H and O–H groups in total. The molecule has 0 radical (unpaired) electrons. The first-order valence-electron chi connectivity index (χ1n) is 5.57. The summed E-state index contributed by atoms with van der Waals surface area (Å²) < 4.78 is 1.64. The number of fused-ring (bicyclic) bond motifs is 2. The smallest absolute Gasteiger partial charge is 0.261 e. The van der Waals surface area contributed by atoms with E-state index < -0.39 is 0 Å². The number of rotatable bonds is 0. The van der Waals surface area contributed by atoms with Gasteiger partial charge in [0.25, 0.3) is 5.56 Å². The molecule has 0 amide bonds. The quantitative estimate of drug-likeness (QED) is 0.702. The fourth-order valence-electron chi connectivity index (χ4n) is 2.28. The van der Waals surface area contributed by atoms with Crippen molar-refractivity contribution in [2.45, 2.75) is 19.9 Å². The third kappa shape index (κ3) is 1.37. The molecular weight excluding hydrogens is 216 g/mol. The van der Waals surface area contributed by atoms with Gasteiger partial charge in [-0.15, -0.1) is 0 Å². The van der Waals surface area contributed by atoms with E-state index >= 15 is 0 Å². The van der Waals surface area contributed by atoms with Gasteiger partial charge in [-0.1, -0.05) is 12.1 Å². The zero-order valence-corrected chi connectivity index (χ0v) is 9.47. The molecule has 0 bridgehead atoms. The summed E-state index contributed by atoms with van der Waals surface area (Å²) in [7, 11) is 0. The van der Waals surface area contributed by atoms with Crippen molar-refractivity contribution in [3.8, 4) is 0 Å². The highest BCUT2D eigenvalue weighted by atomic mass is 16.3. The van der Waals surface area contributed by atoms with Crippen LogP contribution in [0.4, 0.5) is 0 Å². The highest BCUT2D eigenvalue weighted by Gasteiger charge is 2.22. The average molecular weight is 228 g/mol. The first-order valence-corrected chi connectivity index (χ1v) is 5.57. The standard InChI is InChI=1S/C13H12N2O2/c1-8(16)9-6-7-15-12(9)14-11-5-3-2-4-10(11)13(15)17/h2-5,16H,6-7H2,1H3/b9-8-. The lowest BCUT2D eigenvalue weighted by Crippen LogP contribution is -2.20. The molecule has 1 aromatic heterocycles. The molecule has 0 spiro atoms. The fourth-order valence-corrected chi connectivity index (χ4v) is 2.28. The number of benzene rings is 1. The second kappa shape index (κ2) is 3.45. The Morgan fingerprint density at radius 1 is 1.41 bits per heavy atom. The highest BCUT2D eigenvalue weighted by Crippen LogP contribution is 2.26. The molecule has 1 aromatic carbocycles. The monoisotopic (exact) mass is 228 g/mol. The van der Waals surface area contributed by atoms with Gasteiger partial charge in [-0.3, -0.25) is 9.36 Å². The van der Waals surface area contributed by atoms with Crippen molar-refractivity contribution < 1.29 is 5.11 Å². The molecule has 0 fully saturated rings. The molecule has 0 saturated carbocycles. The molecule has 1 aliphatic rings. The van der Waals surface area contributed by atoms with Gasteiger partial charge in [0.1, 0.15) is 5.82 Å². The number of aliphatic hydroxyl groups is 1. The molecule has 0 unspecified atom stereocenters. The number of aliphatic hydroxyl groups excluding tert-OH is 1. The summed E-state index contributed by atoms with van der Waals surface area (Å²) in [6.07, 6.45) is 0.668. The van der Waals surface area contributed by atoms with Crippen molar-refractivity contribution in [3.05, 3.63) is 46.2 Å². The summed E-state index contributed by atoms with van der Waals surface area (Å²) in [5.74, 6) is 0.854. The third-order valence-corrected chi connectivity index (χ3v) is 3.15. The molecule has 1 aliphatic heterocycles. The van der Waals surface area contributed by atoms with E-state index in [0.717, 1.165) is 5.57 Å². The number of allylic oxidation sites excluding steroid dienone is 2. The van der Waals surface area contributed by atoms with Crippen molar-refractivity contribution in [1.82, 2.24) is 9.55 Å². The Bertz CT molecular complexity index is 694. The van der Waals surface area contributed by atoms with E-state index in [1.165, 1.54) is 0 Å². The minimum atomic E-state index is -0.0261. The highest BCUT2D eigenvalue weighted by molar-refractivity contribution is 5.80. The van der Waals surface area contributed by atoms with E-state index in [1.54, 1.807) is 17.6 Å². The molecule has 86 valence electrons. The van der Waals surface area contributed by atoms with Crippen LogP contribution in [0.2, 0.25) is 0 Å². The Morgan fingerprint density at radius 3 is 2.94 bits per heavy atom. The van der Waals surface area contributed by atoms with Crippen LogP contribution in [0.1, 0.15) is 19.2 Å². The van der Waals surface area contributed by atoms with Gasteiger partial charge >= 0.3 is 0 Å². The first-order chi connectivity index (χ1) is 8.18. The zero-order chi connectivity index (χ0) is 12.0. The lowest BCUT2D eigenvalue weighted by atomic mass is 10.2. The van der Waals surface area contributed by atoms with E-state index in [0.29, 0.717) is 29.7 Å². The van der Waals surface area contributed by atoms with Crippen LogP contribution in [0.15, 0.2) is 34.8 Å². The Balaban J connectivity index is 2.44. The molecule has 17 heavy (non-hydrogen) atoms. The Hall–Kier alpha value is -2.10. The van der Waals surface area contributed by atoms with Crippen molar-refractivity contribution in [2.24, 2.45) is 0 Å². The van der Waals surface area contributed by atoms with Crippen LogP contribution in [-0.2, 0) is 6.54 Å². The molecule has 4 heteroatoms. The van der Waals surface area contributed by atoms with Crippen molar-refractivity contribution in [1.29, 1.82) is 0 Å². The van der Waals surface area contributed by atoms with Crippen molar-refractivity contribution in [3.63, 3.8) is 0 Å². The molecular formula is C13H12N2O2.